The number of unbranched alkanes of at least 4 members (excludes halogenated alkanes) is 1. The largest absolute Gasteiger partial charge is 0.338 e. The van der Waals surface area contributed by atoms with Crippen molar-refractivity contribution in [1.82, 2.24) is 19.7 Å². The molecule has 28 heavy (non-hydrogen) atoms. The maximum atomic E-state index is 13.2. The molecular weight excluding hydrogens is 372 g/mol. The fourth-order valence-electron chi connectivity index (χ4n) is 3.77. The minimum atomic E-state index is -0.0661. The molecule has 7 heteroatoms. The molecule has 4 rings (SSSR count). The minimum absolute atomic E-state index is 0.0568. The second-order valence-electron chi connectivity index (χ2n) is 7.44. The Balaban J connectivity index is 1.67. The van der Waals surface area contributed by atoms with Crippen LogP contribution in [0, 0.1) is 0 Å². The zero-order chi connectivity index (χ0) is 19.5. The fourth-order valence-corrected chi connectivity index (χ4v) is 4.78. The van der Waals surface area contributed by atoms with Crippen molar-refractivity contribution < 1.29 is 4.52 Å². The van der Waals surface area contributed by atoms with Gasteiger partial charge in [0.15, 0.2) is 11.0 Å². The van der Waals surface area contributed by atoms with Crippen LogP contribution >= 0.6 is 11.8 Å². The lowest BCUT2D eigenvalue weighted by molar-refractivity contribution is 0.373. The van der Waals surface area contributed by atoms with E-state index in [2.05, 4.69) is 17.1 Å². The lowest BCUT2D eigenvalue weighted by Crippen LogP contribution is -2.26. The molecule has 0 aliphatic heterocycles. The monoisotopic (exact) mass is 398 g/mol. The summed E-state index contributed by atoms with van der Waals surface area (Å²) in [7, 11) is 0. The fraction of sp³-hybridized carbons (Fsp3) is 0.524. The van der Waals surface area contributed by atoms with E-state index in [1.54, 1.807) is 0 Å². The Morgan fingerprint density at radius 2 is 2.04 bits per heavy atom. The molecule has 2 heterocycles. The van der Waals surface area contributed by atoms with Crippen molar-refractivity contribution in [3.63, 3.8) is 0 Å². The van der Waals surface area contributed by atoms with Crippen LogP contribution in [0.2, 0.25) is 0 Å². The second-order valence-corrected chi connectivity index (χ2v) is 8.75. The molecule has 3 aromatic rings. The van der Waals surface area contributed by atoms with E-state index in [9.17, 15) is 4.79 Å². The Bertz CT molecular complexity index is 1010. The Morgan fingerprint density at radius 1 is 1.25 bits per heavy atom. The summed E-state index contributed by atoms with van der Waals surface area (Å²) in [5.41, 5.74) is 0.798. The molecule has 1 aliphatic carbocycles. The smallest absolute Gasteiger partial charge is 0.262 e. The number of aromatic nitrogens is 4. The zero-order valence-electron chi connectivity index (χ0n) is 16.4. The normalized spacial score (nSPS) is 16.1. The molecule has 0 radical (unpaired) electrons. The van der Waals surface area contributed by atoms with Crippen LogP contribution in [0.1, 0.15) is 75.4 Å². The highest BCUT2D eigenvalue weighted by Crippen LogP contribution is 2.37. The van der Waals surface area contributed by atoms with Gasteiger partial charge in [0, 0.05) is 12.5 Å². The van der Waals surface area contributed by atoms with Crippen LogP contribution in [-0.2, 0) is 6.42 Å². The molecular formula is C21H26N4O2S. The van der Waals surface area contributed by atoms with E-state index in [4.69, 9.17) is 9.51 Å². The van der Waals surface area contributed by atoms with Gasteiger partial charge in [-0.1, -0.05) is 55.2 Å². The molecule has 1 saturated carbocycles. The molecule has 1 atom stereocenters. The van der Waals surface area contributed by atoms with Gasteiger partial charge in [-0.3, -0.25) is 9.36 Å². The van der Waals surface area contributed by atoms with Gasteiger partial charge in [0.2, 0.25) is 5.89 Å². The van der Waals surface area contributed by atoms with Crippen LogP contribution < -0.4 is 5.56 Å². The highest BCUT2D eigenvalue weighted by molar-refractivity contribution is 7.99. The van der Waals surface area contributed by atoms with Crippen molar-refractivity contribution in [3.8, 4) is 0 Å². The van der Waals surface area contributed by atoms with Gasteiger partial charge in [-0.05, 0) is 38.3 Å². The summed E-state index contributed by atoms with van der Waals surface area (Å²) < 4.78 is 7.39. The number of hydrogen-bond donors (Lipinski definition) is 0. The third-order valence-corrected chi connectivity index (χ3v) is 6.39. The Labute approximate surface area is 168 Å². The number of fused-ring (bicyclic) bond motifs is 1. The molecule has 0 spiro atoms. The predicted octanol–water partition coefficient (Wildman–Crippen LogP) is 5.09. The van der Waals surface area contributed by atoms with E-state index >= 15 is 0 Å². The van der Waals surface area contributed by atoms with Gasteiger partial charge >= 0.3 is 0 Å². The van der Waals surface area contributed by atoms with Crippen LogP contribution in [-0.4, -0.2) is 19.7 Å². The topological polar surface area (TPSA) is 73.8 Å². The van der Waals surface area contributed by atoms with Gasteiger partial charge in [0.05, 0.1) is 16.2 Å². The number of nitrogens with zero attached hydrogens (tertiary/aromatic N) is 4. The summed E-state index contributed by atoms with van der Waals surface area (Å²) >= 11 is 1.53. The van der Waals surface area contributed by atoms with Gasteiger partial charge in [0.1, 0.15) is 0 Å². The van der Waals surface area contributed by atoms with E-state index in [1.807, 2.05) is 35.8 Å². The average Bonchev–Trinajstić information content (AvgIpc) is 3.39. The molecule has 0 N–H and O–H groups in total. The van der Waals surface area contributed by atoms with Crippen molar-refractivity contribution in [1.29, 1.82) is 0 Å². The number of para-hydroxylation sites is 1. The van der Waals surface area contributed by atoms with Gasteiger partial charge < -0.3 is 4.52 Å². The first-order chi connectivity index (χ1) is 13.7. The van der Waals surface area contributed by atoms with Gasteiger partial charge in [0.25, 0.3) is 5.56 Å². The van der Waals surface area contributed by atoms with Gasteiger partial charge in [-0.15, -0.1) is 0 Å². The first-order valence-electron chi connectivity index (χ1n) is 10.2. The first kappa shape index (κ1) is 19.2. The molecule has 0 saturated heterocycles. The number of rotatable bonds is 7. The quantitative estimate of drug-likeness (QED) is 0.408. The van der Waals surface area contributed by atoms with Crippen molar-refractivity contribution in [2.24, 2.45) is 0 Å². The molecule has 0 bridgehead atoms. The molecule has 0 amide bonds. The molecule has 1 aliphatic rings. The van der Waals surface area contributed by atoms with E-state index in [0.29, 0.717) is 11.3 Å². The van der Waals surface area contributed by atoms with Crippen LogP contribution in [0.25, 0.3) is 10.9 Å². The van der Waals surface area contributed by atoms with Crippen molar-refractivity contribution >= 4 is 22.7 Å². The lowest BCUT2D eigenvalue weighted by Gasteiger charge is -2.19. The van der Waals surface area contributed by atoms with E-state index in [1.165, 1.54) is 11.8 Å². The minimum Gasteiger partial charge on any atom is -0.338 e. The van der Waals surface area contributed by atoms with Crippen LogP contribution in [0.5, 0.6) is 0 Å². The molecule has 6 nitrogen and oxygen atoms in total. The SMILES string of the molecule is CCCCc1noc([C@H](C)Sc2nc3ccccc3c(=O)n2C2CCCC2)n1. The number of aryl methyl sites for hydroxylation is 1. The Kier molecular flexibility index (Phi) is 5.80. The van der Waals surface area contributed by atoms with Crippen LogP contribution in [0.3, 0.4) is 0 Å². The molecule has 1 fully saturated rings. The molecule has 148 valence electrons. The van der Waals surface area contributed by atoms with Crippen molar-refractivity contribution in [2.45, 2.75) is 75.2 Å². The predicted molar refractivity (Wildman–Crippen MR) is 111 cm³/mol. The summed E-state index contributed by atoms with van der Waals surface area (Å²) in [6.07, 6.45) is 7.37. The van der Waals surface area contributed by atoms with E-state index in [-0.39, 0.29) is 16.9 Å². The summed E-state index contributed by atoms with van der Waals surface area (Å²) in [6, 6.07) is 7.81. The second kappa shape index (κ2) is 8.47. The van der Waals surface area contributed by atoms with E-state index < -0.39 is 0 Å². The first-order valence-corrected chi connectivity index (χ1v) is 11.1. The maximum absolute atomic E-state index is 13.2. The van der Waals surface area contributed by atoms with Gasteiger partial charge in [-0.2, -0.15) is 4.98 Å². The van der Waals surface area contributed by atoms with Gasteiger partial charge in [-0.25, -0.2) is 4.98 Å². The standard InChI is InChI=1S/C21H26N4O2S/c1-3-4-13-18-23-19(27-24-18)14(2)28-21-22-17-12-8-7-11-16(17)20(26)25(21)15-9-5-6-10-15/h7-8,11-12,14-15H,3-6,9-10,13H2,1-2H3/t14-/m0/s1. The van der Waals surface area contributed by atoms with Crippen LogP contribution in [0.15, 0.2) is 38.7 Å². The molecule has 1 aromatic carbocycles. The number of benzene rings is 1. The maximum Gasteiger partial charge on any atom is 0.262 e. The third-order valence-electron chi connectivity index (χ3n) is 5.33. The summed E-state index contributed by atoms with van der Waals surface area (Å²) in [6.45, 7) is 4.18. The highest BCUT2D eigenvalue weighted by atomic mass is 32.2. The number of thioether (sulfide) groups is 1. The van der Waals surface area contributed by atoms with Crippen molar-refractivity contribution in [2.75, 3.05) is 0 Å². The highest BCUT2D eigenvalue weighted by Gasteiger charge is 2.25. The zero-order valence-corrected chi connectivity index (χ0v) is 17.2. The molecule has 0 unspecified atom stereocenters. The summed E-state index contributed by atoms with van der Waals surface area (Å²) in [5, 5.41) is 5.46. The summed E-state index contributed by atoms with van der Waals surface area (Å²) in [5.74, 6) is 1.35. The Hall–Kier alpha value is -2.15. The third kappa shape index (κ3) is 3.85. The number of hydrogen-bond acceptors (Lipinski definition) is 6. The average molecular weight is 399 g/mol. The Morgan fingerprint density at radius 3 is 2.82 bits per heavy atom. The summed E-state index contributed by atoms with van der Waals surface area (Å²) in [4.78, 5) is 22.6. The van der Waals surface area contributed by atoms with E-state index in [0.717, 1.165) is 61.4 Å². The molecule has 2 aromatic heterocycles. The lowest BCUT2D eigenvalue weighted by atomic mass is 10.2. The van der Waals surface area contributed by atoms with Crippen LogP contribution in [0.4, 0.5) is 0 Å². The van der Waals surface area contributed by atoms with Crippen molar-refractivity contribution in [3.05, 3.63) is 46.3 Å².